The van der Waals surface area contributed by atoms with Crippen LogP contribution in [0.2, 0.25) is 0 Å². The average Bonchev–Trinajstić information content (AvgIpc) is 2.39. The molecule has 0 aliphatic carbocycles. The number of allylic oxidation sites excluding steroid dienone is 1. The predicted octanol–water partition coefficient (Wildman–Crippen LogP) is 3.53. The first-order valence-electron chi connectivity index (χ1n) is 6.63. The van der Waals surface area contributed by atoms with Crippen molar-refractivity contribution in [2.75, 3.05) is 13.7 Å². The summed E-state index contributed by atoms with van der Waals surface area (Å²) in [5.74, 6) is 0.673. The first kappa shape index (κ1) is 15.3. The number of hydrogen-bond donors (Lipinski definition) is 0. The molecule has 1 rings (SSSR count). The molecule has 104 valence electrons. The molecule has 3 nitrogen and oxygen atoms in total. The first-order valence-corrected chi connectivity index (χ1v) is 6.63. The van der Waals surface area contributed by atoms with E-state index in [0.29, 0.717) is 6.61 Å². The van der Waals surface area contributed by atoms with Gasteiger partial charge in [0.05, 0.1) is 13.7 Å². The maximum Gasteiger partial charge on any atom is 0.330 e. The van der Waals surface area contributed by atoms with Crippen molar-refractivity contribution >= 4 is 5.97 Å². The fourth-order valence-corrected chi connectivity index (χ4v) is 1.92. The van der Waals surface area contributed by atoms with Crippen molar-refractivity contribution in [2.45, 2.75) is 33.1 Å². The van der Waals surface area contributed by atoms with Crippen molar-refractivity contribution in [3.63, 3.8) is 0 Å². The fraction of sp³-hybridized carbons (Fsp3) is 0.438. The van der Waals surface area contributed by atoms with Crippen LogP contribution in [0.4, 0.5) is 0 Å². The van der Waals surface area contributed by atoms with E-state index in [9.17, 15) is 4.79 Å². The normalized spacial score (nSPS) is 11.2. The van der Waals surface area contributed by atoms with E-state index in [0.717, 1.165) is 30.6 Å². The van der Waals surface area contributed by atoms with Gasteiger partial charge in [0.2, 0.25) is 0 Å². The minimum absolute atomic E-state index is 0.253. The quantitative estimate of drug-likeness (QED) is 0.557. The third-order valence-corrected chi connectivity index (χ3v) is 2.86. The summed E-state index contributed by atoms with van der Waals surface area (Å²) < 4.78 is 10.2. The van der Waals surface area contributed by atoms with Crippen LogP contribution < -0.4 is 4.74 Å². The standard InChI is InChI=1S/C16H22O3/c1-4-19-16(17)12-13(2)8-7-10-14-9-5-6-11-15(14)18-3/h5-6,9,11-12H,4,7-8,10H2,1-3H3/b13-12+. The van der Waals surface area contributed by atoms with E-state index in [4.69, 9.17) is 9.47 Å². The van der Waals surface area contributed by atoms with Crippen LogP contribution in [0, 0.1) is 0 Å². The predicted molar refractivity (Wildman–Crippen MR) is 76.3 cm³/mol. The summed E-state index contributed by atoms with van der Waals surface area (Å²) in [6.45, 7) is 4.19. The third-order valence-electron chi connectivity index (χ3n) is 2.86. The molecule has 0 fully saturated rings. The molecule has 1 aromatic rings. The number of benzene rings is 1. The summed E-state index contributed by atoms with van der Waals surface area (Å²) in [4.78, 5) is 11.3. The number of para-hydroxylation sites is 1. The minimum Gasteiger partial charge on any atom is -0.496 e. The molecule has 0 spiro atoms. The monoisotopic (exact) mass is 262 g/mol. The maximum atomic E-state index is 11.3. The van der Waals surface area contributed by atoms with Crippen molar-refractivity contribution in [1.82, 2.24) is 0 Å². The molecule has 0 amide bonds. The highest BCUT2D eigenvalue weighted by Gasteiger charge is 2.02. The average molecular weight is 262 g/mol. The van der Waals surface area contributed by atoms with Gasteiger partial charge in [-0.3, -0.25) is 0 Å². The Kier molecular flexibility index (Phi) is 6.72. The molecule has 19 heavy (non-hydrogen) atoms. The Bertz CT molecular complexity index is 435. The summed E-state index contributed by atoms with van der Waals surface area (Å²) in [6.07, 6.45) is 4.39. The van der Waals surface area contributed by atoms with Crippen molar-refractivity contribution in [3.05, 3.63) is 41.5 Å². The van der Waals surface area contributed by atoms with E-state index in [1.54, 1.807) is 13.2 Å². The zero-order valence-electron chi connectivity index (χ0n) is 11.9. The lowest BCUT2D eigenvalue weighted by Crippen LogP contribution is -2.00. The lowest BCUT2D eigenvalue weighted by Gasteiger charge is -2.08. The van der Waals surface area contributed by atoms with E-state index >= 15 is 0 Å². The number of rotatable bonds is 7. The number of carbonyl (C=O) groups excluding carboxylic acids is 1. The molecular formula is C16H22O3. The molecular weight excluding hydrogens is 240 g/mol. The van der Waals surface area contributed by atoms with E-state index in [1.165, 1.54) is 5.56 Å². The van der Waals surface area contributed by atoms with Crippen LogP contribution in [0.3, 0.4) is 0 Å². The number of aryl methyl sites for hydroxylation is 1. The fourth-order valence-electron chi connectivity index (χ4n) is 1.92. The van der Waals surface area contributed by atoms with Gasteiger partial charge in [-0.1, -0.05) is 23.8 Å². The summed E-state index contributed by atoms with van der Waals surface area (Å²) in [6, 6.07) is 8.02. The smallest absolute Gasteiger partial charge is 0.330 e. The molecule has 0 atom stereocenters. The number of hydrogen-bond acceptors (Lipinski definition) is 3. The van der Waals surface area contributed by atoms with Gasteiger partial charge in [0.1, 0.15) is 5.75 Å². The van der Waals surface area contributed by atoms with Gasteiger partial charge >= 0.3 is 5.97 Å². The van der Waals surface area contributed by atoms with Crippen molar-refractivity contribution in [2.24, 2.45) is 0 Å². The van der Waals surface area contributed by atoms with Gasteiger partial charge in [0.15, 0.2) is 0 Å². The second-order valence-corrected chi connectivity index (χ2v) is 4.41. The molecule has 0 saturated heterocycles. The lowest BCUT2D eigenvalue weighted by molar-refractivity contribution is -0.137. The molecule has 0 bridgehead atoms. The van der Waals surface area contributed by atoms with Crippen LogP contribution in [0.15, 0.2) is 35.9 Å². The highest BCUT2D eigenvalue weighted by atomic mass is 16.5. The summed E-state index contributed by atoms with van der Waals surface area (Å²) in [5, 5.41) is 0. The van der Waals surface area contributed by atoms with E-state index in [1.807, 2.05) is 32.0 Å². The number of methoxy groups -OCH3 is 1. The van der Waals surface area contributed by atoms with Crippen LogP contribution in [0.5, 0.6) is 5.75 Å². The second kappa shape index (κ2) is 8.35. The van der Waals surface area contributed by atoms with Crippen LogP contribution in [0.1, 0.15) is 32.3 Å². The molecule has 0 heterocycles. The SMILES string of the molecule is CCOC(=O)/C=C(\C)CCCc1ccccc1OC. The van der Waals surface area contributed by atoms with Crippen molar-refractivity contribution < 1.29 is 14.3 Å². The molecule has 0 radical (unpaired) electrons. The van der Waals surface area contributed by atoms with E-state index in [2.05, 4.69) is 6.07 Å². The summed E-state index contributed by atoms with van der Waals surface area (Å²) in [7, 11) is 1.69. The Morgan fingerprint density at radius 2 is 2.05 bits per heavy atom. The van der Waals surface area contributed by atoms with Gasteiger partial charge in [0.25, 0.3) is 0 Å². The number of ether oxygens (including phenoxy) is 2. The zero-order chi connectivity index (χ0) is 14.1. The van der Waals surface area contributed by atoms with Crippen LogP contribution in [-0.2, 0) is 16.0 Å². The van der Waals surface area contributed by atoms with Crippen LogP contribution in [-0.4, -0.2) is 19.7 Å². The highest BCUT2D eigenvalue weighted by molar-refractivity contribution is 5.82. The summed E-state index contributed by atoms with van der Waals surface area (Å²) in [5.41, 5.74) is 2.25. The first-order chi connectivity index (χ1) is 9.17. The molecule has 0 unspecified atom stereocenters. The van der Waals surface area contributed by atoms with Crippen LogP contribution >= 0.6 is 0 Å². The molecule has 0 aliphatic rings. The largest absolute Gasteiger partial charge is 0.496 e. The second-order valence-electron chi connectivity index (χ2n) is 4.41. The van der Waals surface area contributed by atoms with Gasteiger partial charge < -0.3 is 9.47 Å². The number of esters is 1. The highest BCUT2D eigenvalue weighted by Crippen LogP contribution is 2.20. The van der Waals surface area contributed by atoms with Gasteiger partial charge in [-0.05, 0) is 44.7 Å². The number of carbonyl (C=O) groups is 1. The third kappa shape index (κ3) is 5.60. The molecule has 0 aliphatic heterocycles. The van der Waals surface area contributed by atoms with Crippen molar-refractivity contribution in [3.8, 4) is 5.75 Å². The minimum atomic E-state index is -0.253. The molecule has 0 saturated carbocycles. The Morgan fingerprint density at radius 1 is 1.32 bits per heavy atom. The molecule has 1 aromatic carbocycles. The zero-order valence-corrected chi connectivity index (χ0v) is 11.9. The molecule has 0 aromatic heterocycles. The topological polar surface area (TPSA) is 35.5 Å². The molecule has 0 N–H and O–H groups in total. The Labute approximate surface area is 115 Å². The van der Waals surface area contributed by atoms with E-state index in [-0.39, 0.29) is 5.97 Å². The maximum absolute atomic E-state index is 11.3. The Hall–Kier alpha value is -1.77. The Morgan fingerprint density at radius 3 is 2.74 bits per heavy atom. The molecule has 3 heteroatoms. The summed E-state index contributed by atoms with van der Waals surface area (Å²) >= 11 is 0. The van der Waals surface area contributed by atoms with Crippen molar-refractivity contribution in [1.29, 1.82) is 0 Å². The van der Waals surface area contributed by atoms with Crippen LogP contribution in [0.25, 0.3) is 0 Å². The van der Waals surface area contributed by atoms with E-state index < -0.39 is 0 Å². The lowest BCUT2D eigenvalue weighted by atomic mass is 10.0. The van der Waals surface area contributed by atoms with Gasteiger partial charge in [-0.2, -0.15) is 0 Å². The van der Waals surface area contributed by atoms with Gasteiger partial charge in [-0.25, -0.2) is 4.79 Å². The Balaban J connectivity index is 2.43. The van der Waals surface area contributed by atoms with Gasteiger partial charge in [0, 0.05) is 6.08 Å². The van der Waals surface area contributed by atoms with Gasteiger partial charge in [-0.15, -0.1) is 0 Å².